The van der Waals surface area contributed by atoms with E-state index < -0.39 is 0 Å². The van der Waals surface area contributed by atoms with Crippen LogP contribution < -0.4 is 10.6 Å². The van der Waals surface area contributed by atoms with Crippen LogP contribution in [0.2, 0.25) is 0 Å². The SMILES string of the molecule is I.N#CC1CCCC1NC(=NCCc1ccco1)NC1CCCC1. The minimum absolute atomic E-state index is 0. The molecule has 2 aliphatic carbocycles. The van der Waals surface area contributed by atoms with Gasteiger partial charge >= 0.3 is 0 Å². The van der Waals surface area contributed by atoms with E-state index in [2.05, 4.69) is 16.7 Å². The highest BCUT2D eigenvalue weighted by Gasteiger charge is 2.28. The fraction of sp³-hybridized carbons (Fsp3) is 0.667. The van der Waals surface area contributed by atoms with Crippen LogP contribution in [0, 0.1) is 17.2 Å². The summed E-state index contributed by atoms with van der Waals surface area (Å²) in [4.78, 5) is 4.72. The number of hydrogen-bond acceptors (Lipinski definition) is 3. The van der Waals surface area contributed by atoms with Crippen molar-refractivity contribution in [1.82, 2.24) is 10.6 Å². The highest BCUT2D eigenvalue weighted by Crippen LogP contribution is 2.25. The normalized spacial score (nSPS) is 24.4. The summed E-state index contributed by atoms with van der Waals surface area (Å²) in [6, 6.07) is 7.07. The van der Waals surface area contributed by atoms with Crippen LogP contribution >= 0.6 is 24.0 Å². The van der Waals surface area contributed by atoms with Gasteiger partial charge in [-0.25, -0.2) is 0 Å². The minimum atomic E-state index is 0. The third-order valence-electron chi connectivity index (χ3n) is 4.91. The maximum absolute atomic E-state index is 9.27. The summed E-state index contributed by atoms with van der Waals surface area (Å²) < 4.78 is 5.36. The van der Waals surface area contributed by atoms with E-state index in [4.69, 9.17) is 9.41 Å². The van der Waals surface area contributed by atoms with Crippen LogP contribution in [0.5, 0.6) is 0 Å². The highest BCUT2D eigenvalue weighted by atomic mass is 127. The molecule has 2 aliphatic rings. The van der Waals surface area contributed by atoms with Gasteiger partial charge in [0.2, 0.25) is 0 Å². The molecule has 2 unspecified atom stereocenters. The molecule has 1 aromatic rings. The summed E-state index contributed by atoms with van der Waals surface area (Å²) in [5, 5.41) is 16.3. The van der Waals surface area contributed by atoms with Crippen LogP contribution in [0.1, 0.15) is 50.7 Å². The Morgan fingerprint density at radius 1 is 1.21 bits per heavy atom. The molecule has 0 spiro atoms. The van der Waals surface area contributed by atoms with Crippen LogP contribution in [0.15, 0.2) is 27.8 Å². The Morgan fingerprint density at radius 3 is 2.75 bits per heavy atom. The van der Waals surface area contributed by atoms with Crippen molar-refractivity contribution in [3.8, 4) is 6.07 Å². The van der Waals surface area contributed by atoms with Gasteiger partial charge in [-0.3, -0.25) is 4.99 Å². The van der Waals surface area contributed by atoms with E-state index in [0.717, 1.165) is 37.4 Å². The van der Waals surface area contributed by atoms with Gasteiger partial charge in [0.15, 0.2) is 5.96 Å². The summed E-state index contributed by atoms with van der Waals surface area (Å²) in [6.45, 7) is 0.694. The lowest BCUT2D eigenvalue weighted by Crippen LogP contribution is -2.48. The van der Waals surface area contributed by atoms with E-state index >= 15 is 0 Å². The fourth-order valence-electron chi connectivity index (χ4n) is 3.59. The van der Waals surface area contributed by atoms with E-state index in [9.17, 15) is 5.26 Å². The molecular weight excluding hydrogens is 415 g/mol. The van der Waals surface area contributed by atoms with Crippen molar-refractivity contribution < 1.29 is 4.42 Å². The summed E-state index contributed by atoms with van der Waals surface area (Å²) in [6.07, 6.45) is 10.7. The number of nitriles is 1. The zero-order chi connectivity index (χ0) is 15.9. The van der Waals surface area contributed by atoms with Crippen molar-refractivity contribution in [2.45, 2.75) is 63.5 Å². The first-order chi connectivity index (χ1) is 11.3. The maximum Gasteiger partial charge on any atom is 0.191 e. The molecule has 2 atom stereocenters. The van der Waals surface area contributed by atoms with E-state index in [1.807, 2.05) is 12.1 Å². The second-order valence-electron chi connectivity index (χ2n) is 6.60. The zero-order valence-electron chi connectivity index (χ0n) is 14.0. The molecular formula is C18H27IN4O. The highest BCUT2D eigenvalue weighted by molar-refractivity contribution is 14.0. The standard InChI is InChI=1S/C18H26N4O.HI/c19-13-14-5-3-9-17(14)22-18(21-15-6-1-2-7-15)20-11-10-16-8-4-12-23-16;/h4,8,12,14-15,17H,1-3,5-7,9-11H2,(H2,20,21,22);1H. The first-order valence-corrected chi connectivity index (χ1v) is 8.84. The number of nitrogens with zero attached hydrogens (tertiary/aromatic N) is 2. The Labute approximate surface area is 161 Å². The van der Waals surface area contributed by atoms with Crippen molar-refractivity contribution in [2.75, 3.05) is 6.54 Å². The average Bonchev–Trinajstić information content (AvgIpc) is 3.29. The summed E-state index contributed by atoms with van der Waals surface area (Å²) in [5.41, 5.74) is 0. The fourth-order valence-corrected chi connectivity index (χ4v) is 3.59. The Kier molecular flexibility index (Phi) is 7.89. The van der Waals surface area contributed by atoms with E-state index in [0.29, 0.717) is 12.6 Å². The molecule has 2 saturated carbocycles. The molecule has 3 rings (SSSR count). The predicted molar refractivity (Wildman–Crippen MR) is 105 cm³/mol. The number of furan rings is 1. The first kappa shape index (κ1) is 19.1. The number of guanidine groups is 1. The minimum Gasteiger partial charge on any atom is -0.469 e. The molecule has 0 radical (unpaired) electrons. The smallest absolute Gasteiger partial charge is 0.191 e. The van der Waals surface area contributed by atoms with Crippen molar-refractivity contribution in [3.63, 3.8) is 0 Å². The Hall–Kier alpha value is -1.23. The van der Waals surface area contributed by atoms with Gasteiger partial charge in [-0.1, -0.05) is 12.8 Å². The summed E-state index contributed by atoms with van der Waals surface area (Å²) >= 11 is 0. The molecule has 5 nitrogen and oxygen atoms in total. The molecule has 132 valence electrons. The van der Waals surface area contributed by atoms with Gasteiger partial charge < -0.3 is 15.1 Å². The van der Waals surface area contributed by atoms with Crippen LogP contribution in [0.4, 0.5) is 0 Å². The maximum atomic E-state index is 9.27. The Balaban J connectivity index is 0.00000208. The molecule has 2 N–H and O–H groups in total. The zero-order valence-corrected chi connectivity index (χ0v) is 16.4. The quantitative estimate of drug-likeness (QED) is 0.415. The lowest BCUT2D eigenvalue weighted by Gasteiger charge is -2.22. The second-order valence-corrected chi connectivity index (χ2v) is 6.60. The topological polar surface area (TPSA) is 73.3 Å². The van der Waals surface area contributed by atoms with Crippen LogP contribution in [0.3, 0.4) is 0 Å². The van der Waals surface area contributed by atoms with Gasteiger partial charge in [-0.15, -0.1) is 24.0 Å². The molecule has 2 fully saturated rings. The number of rotatable bonds is 5. The molecule has 6 heteroatoms. The largest absolute Gasteiger partial charge is 0.469 e. The van der Waals surface area contributed by atoms with E-state index in [-0.39, 0.29) is 35.9 Å². The Morgan fingerprint density at radius 2 is 2.04 bits per heavy atom. The number of hydrogen-bond donors (Lipinski definition) is 2. The Bertz CT molecular complexity index is 546. The molecule has 0 aromatic carbocycles. The van der Waals surface area contributed by atoms with Gasteiger partial charge in [0.1, 0.15) is 5.76 Å². The first-order valence-electron chi connectivity index (χ1n) is 8.84. The number of halogens is 1. The summed E-state index contributed by atoms with van der Waals surface area (Å²) in [5.74, 6) is 1.94. The van der Waals surface area contributed by atoms with Gasteiger partial charge in [-0.05, 0) is 44.2 Å². The lowest BCUT2D eigenvalue weighted by molar-refractivity contribution is 0.506. The lowest BCUT2D eigenvalue weighted by atomic mass is 10.1. The third-order valence-corrected chi connectivity index (χ3v) is 4.91. The van der Waals surface area contributed by atoms with Crippen molar-refractivity contribution in [1.29, 1.82) is 5.26 Å². The average molecular weight is 442 g/mol. The molecule has 24 heavy (non-hydrogen) atoms. The third kappa shape index (κ3) is 5.40. The number of aliphatic imine (C=N–C) groups is 1. The van der Waals surface area contributed by atoms with Gasteiger partial charge in [-0.2, -0.15) is 5.26 Å². The van der Waals surface area contributed by atoms with Gasteiger partial charge in [0, 0.05) is 25.0 Å². The molecule has 0 aliphatic heterocycles. The van der Waals surface area contributed by atoms with E-state index in [1.54, 1.807) is 6.26 Å². The van der Waals surface area contributed by atoms with Crippen LogP contribution in [-0.4, -0.2) is 24.6 Å². The molecule has 1 aromatic heterocycles. The van der Waals surface area contributed by atoms with Crippen molar-refractivity contribution in [3.05, 3.63) is 24.2 Å². The molecule has 1 heterocycles. The van der Waals surface area contributed by atoms with Crippen molar-refractivity contribution in [2.24, 2.45) is 10.9 Å². The second kappa shape index (κ2) is 9.92. The molecule has 0 saturated heterocycles. The van der Waals surface area contributed by atoms with Gasteiger partial charge in [0.25, 0.3) is 0 Å². The van der Waals surface area contributed by atoms with E-state index in [1.165, 1.54) is 25.7 Å². The van der Waals surface area contributed by atoms with Gasteiger partial charge in [0.05, 0.1) is 18.3 Å². The summed E-state index contributed by atoms with van der Waals surface area (Å²) in [7, 11) is 0. The van der Waals surface area contributed by atoms with Crippen LogP contribution in [-0.2, 0) is 6.42 Å². The number of nitrogens with one attached hydrogen (secondary N) is 2. The predicted octanol–water partition coefficient (Wildman–Crippen LogP) is 3.61. The molecule has 0 amide bonds. The van der Waals surface area contributed by atoms with Crippen LogP contribution in [0.25, 0.3) is 0 Å². The monoisotopic (exact) mass is 442 g/mol. The van der Waals surface area contributed by atoms with Crippen molar-refractivity contribution >= 4 is 29.9 Å². The molecule has 0 bridgehead atoms.